The molecule has 3 aromatic carbocycles. The van der Waals surface area contributed by atoms with Gasteiger partial charge in [-0.1, -0.05) is 54.6 Å². The first-order chi connectivity index (χ1) is 19.1. The monoisotopic (exact) mass is 529 g/mol. The molecule has 1 aliphatic carbocycles. The number of piperidine rings is 1. The lowest BCUT2D eigenvalue weighted by Crippen LogP contribution is -2.52. The van der Waals surface area contributed by atoms with Gasteiger partial charge in [0.15, 0.2) is 0 Å². The molecule has 2 aliphatic rings. The molecule has 1 saturated heterocycles. The largest absolute Gasteiger partial charge is 0.377 e. The van der Waals surface area contributed by atoms with Gasteiger partial charge in [0.1, 0.15) is 11.9 Å². The van der Waals surface area contributed by atoms with Gasteiger partial charge in [-0.2, -0.15) is 0 Å². The lowest BCUT2D eigenvalue weighted by molar-refractivity contribution is -0.135. The van der Waals surface area contributed by atoms with Gasteiger partial charge in [-0.15, -0.1) is 0 Å². The molecule has 204 valence electrons. The summed E-state index contributed by atoms with van der Waals surface area (Å²) in [5.41, 5.74) is 3.76. The highest BCUT2D eigenvalue weighted by Gasteiger charge is 2.37. The van der Waals surface area contributed by atoms with Gasteiger partial charge in [0.2, 0.25) is 5.91 Å². The van der Waals surface area contributed by atoms with Crippen LogP contribution in [0.1, 0.15) is 47.5 Å². The number of hydrogen-bond donors (Lipinski definition) is 2. The molecule has 5 rings (SSSR count). The number of amides is 2. The highest BCUT2D eigenvalue weighted by molar-refractivity contribution is 5.98. The fraction of sp³-hybridized carbons (Fsp3) is 0.375. The van der Waals surface area contributed by atoms with Crippen molar-refractivity contribution in [3.05, 3.63) is 95.8 Å². The van der Waals surface area contributed by atoms with Crippen LogP contribution in [0.2, 0.25) is 0 Å². The minimum Gasteiger partial charge on any atom is -0.377 e. The van der Waals surface area contributed by atoms with Crippen LogP contribution in [0.5, 0.6) is 0 Å². The highest BCUT2D eigenvalue weighted by atomic mass is 19.1. The van der Waals surface area contributed by atoms with Crippen LogP contribution in [0.15, 0.2) is 78.9 Å². The quantitative estimate of drug-likeness (QED) is 0.351. The fourth-order valence-electron chi connectivity index (χ4n) is 5.21. The van der Waals surface area contributed by atoms with E-state index in [0.29, 0.717) is 43.8 Å². The smallest absolute Gasteiger partial charge is 0.251 e. The van der Waals surface area contributed by atoms with Crippen molar-refractivity contribution in [2.24, 2.45) is 0 Å². The van der Waals surface area contributed by atoms with E-state index in [0.717, 1.165) is 42.4 Å². The molecule has 3 unspecified atom stereocenters. The van der Waals surface area contributed by atoms with Gasteiger partial charge in [0.05, 0.1) is 13.2 Å². The summed E-state index contributed by atoms with van der Waals surface area (Å²) in [7, 11) is 0. The molecule has 2 amide bonds. The summed E-state index contributed by atoms with van der Waals surface area (Å²) >= 11 is 0. The number of carbonyl (C=O) groups is 2. The molecule has 2 N–H and O–H groups in total. The fourth-order valence-corrected chi connectivity index (χ4v) is 5.21. The van der Waals surface area contributed by atoms with Crippen LogP contribution in [0.25, 0.3) is 11.1 Å². The van der Waals surface area contributed by atoms with E-state index in [4.69, 9.17) is 4.74 Å². The van der Waals surface area contributed by atoms with E-state index in [9.17, 15) is 14.0 Å². The lowest BCUT2D eigenvalue weighted by Gasteiger charge is -2.30. The molecule has 1 saturated carbocycles. The zero-order valence-electron chi connectivity index (χ0n) is 22.2. The van der Waals surface area contributed by atoms with Crippen molar-refractivity contribution in [3.8, 4) is 11.1 Å². The zero-order valence-corrected chi connectivity index (χ0v) is 22.2. The van der Waals surface area contributed by atoms with Crippen molar-refractivity contribution in [2.45, 2.75) is 43.7 Å². The lowest BCUT2D eigenvalue weighted by atomic mass is 10.0. The van der Waals surface area contributed by atoms with E-state index in [-0.39, 0.29) is 24.2 Å². The van der Waals surface area contributed by atoms with Crippen molar-refractivity contribution < 1.29 is 18.7 Å². The average molecular weight is 530 g/mol. The molecule has 0 radical (unpaired) electrons. The number of halogens is 1. The highest BCUT2D eigenvalue weighted by Crippen LogP contribution is 2.40. The van der Waals surface area contributed by atoms with Gasteiger partial charge < -0.3 is 20.3 Å². The molecule has 6 nitrogen and oxygen atoms in total. The van der Waals surface area contributed by atoms with E-state index < -0.39 is 6.04 Å². The van der Waals surface area contributed by atoms with Gasteiger partial charge in [-0.05, 0) is 66.6 Å². The molecular formula is C32H36FN3O3. The first-order valence-corrected chi connectivity index (χ1v) is 13.9. The second-order valence-electron chi connectivity index (χ2n) is 10.4. The molecule has 2 fully saturated rings. The van der Waals surface area contributed by atoms with Gasteiger partial charge >= 0.3 is 0 Å². The van der Waals surface area contributed by atoms with Crippen LogP contribution in [0, 0.1) is 5.82 Å². The minimum absolute atomic E-state index is 0.0875. The zero-order chi connectivity index (χ0) is 27.0. The Hall–Kier alpha value is -3.55. The third kappa shape index (κ3) is 7.31. The molecule has 1 aliphatic heterocycles. The van der Waals surface area contributed by atoms with Crippen LogP contribution < -0.4 is 10.6 Å². The van der Waals surface area contributed by atoms with Gasteiger partial charge in [-0.25, -0.2) is 4.39 Å². The predicted octanol–water partition coefficient (Wildman–Crippen LogP) is 4.77. The summed E-state index contributed by atoms with van der Waals surface area (Å²) < 4.78 is 19.0. The van der Waals surface area contributed by atoms with Crippen LogP contribution in [-0.2, 0) is 9.53 Å². The minimum atomic E-state index is -0.739. The van der Waals surface area contributed by atoms with E-state index in [1.54, 1.807) is 12.1 Å². The van der Waals surface area contributed by atoms with Crippen molar-refractivity contribution in [2.75, 3.05) is 32.8 Å². The summed E-state index contributed by atoms with van der Waals surface area (Å²) in [6, 6.07) is 23.7. The molecule has 3 aromatic rings. The SMILES string of the molecule is O=C(NC(COCCNC1CC1c1ccc(F)cc1)C(=O)N1CCCCC1)c1ccc(-c2ccccc2)cc1. The number of likely N-dealkylation sites (tertiary alicyclic amines) is 1. The summed E-state index contributed by atoms with van der Waals surface area (Å²) in [6.45, 7) is 2.62. The second-order valence-corrected chi connectivity index (χ2v) is 10.4. The Labute approximate surface area is 229 Å². The maximum atomic E-state index is 13.3. The summed E-state index contributed by atoms with van der Waals surface area (Å²) in [4.78, 5) is 28.2. The van der Waals surface area contributed by atoms with Gasteiger partial charge in [-0.3, -0.25) is 9.59 Å². The Morgan fingerprint density at radius 2 is 1.59 bits per heavy atom. The predicted molar refractivity (Wildman–Crippen MR) is 150 cm³/mol. The first kappa shape index (κ1) is 27.0. The maximum Gasteiger partial charge on any atom is 0.251 e. The Bertz CT molecular complexity index is 1230. The molecule has 7 heteroatoms. The maximum absolute atomic E-state index is 13.3. The third-order valence-corrected chi connectivity index (χ3v) is 7.55. The Morgan fingerprint density at radius 3 is 2.31 bits per heavy atom. The van der Waals surface area contributed by atoms with E-state index in [2.05, 4.69) is 10.6 Å². The van der Waals surface area contributed by atoms with Gasteiger partial charge in [0.25, 0.3) is 5.91 Å². The summed E-state index contributed by atoms with van der Waals surface area (Å²) in [5.74, 6) is -0.198. The van der Waals surface area contributed by atoms with Crippen LogP contribution in [0.3, 0.4) is 0 Å². The number of ether oxygens (including phenoxy) is 1. The van der Waals surface area contributed by atoms with Crippen LogP contribution in [0.4, 0.5) is 4.39 Å². The molecule has 3 atom stereocenters. The Morgan fingerprint density at radius 1 is 0.897 bits per heavy atom. The number of hydrogen-bond acceptors (Lipinski definition) is 4. The summed E-state index contributed by atoms with van der Waals surface area (Å²) in [6.07, 6.45) is 4.10. The van der Waals surface area contributed by atoms with Gasteiger partial charge in [0, 0.05) is 37.2 Å². The molecule has 1 heterocycles. The number of benzene rings is 3. The number of rotatable bonds is 11. The van der Waals surface area contributed by atoms with Crippen LogP contribution in [-0.4, -0.2) is 61.6 Å². The van der Waals surface area contributed by atoms with Crippen molar-refractivity contribution >= 4 is 11.8 Å². The number of nitrogens with zero attached hydrogens (tertiary/aromatic N) is 1. The molecule has 39 heavy (non-hydrogen) atoms. The van der Waals surface area contributed by atoms with E-state index in [1.807, 2.05) is 59.5 Å². The molecular weight excluding hydrogens is 493 g/mol. The van der Waals surface area contributed by atoms with Crippen molar-refractivity contribution in [1.29, 1.82) is 0 Å². The molecule has 0 aromatic heterocycles. The third-order valence-electron chi connectivity index (χ3n) is 7.55. The Balaban J connectivity index is 1.13. The van der Waals surface area contributed by atoms with Crippen LogP contribution >= 0.6 is 0 Å². The van der Waals surface area contributed by atoms with E-state index >= 15 is 0 Å². The van der Waals surface area contributed by atoms with E-state index in [1.165, 1.54) is 12.1 Å². The standard InChI is InChI=1S/C32H36FN3O3/c33-27-15-13-25(14-16-27)28-21-29(28)34-17-20-39-22-30(32(38)36-18-5-2-6-19-36)35-31(37)26-11-9-24(10-12-26)23-7-3-1-4-8-23/h1,3-4,7-16,28-30,34H,2,5-6,17-22H2,(H,35,37). The Kier molecular flexibility index (Phi) is 9.01. The summed E-state index contributed by atoms with van der Waals surface area (Å²) in [5, 5.41) is 6.40. The number of carbonyl (C=O) groups excluding carboxylic acids is 2. The first-order valence-electron chi connectivity index (χ1n) is 13.9. The normalized spacial score (nSPS) is 19.4. The molecule has 0 bridgehead atoms. The average Bonchev–Trinajstić information content (AvgIpc) is 3.77. The number of nitrogens with one attached hydrogen (secondary N) is 2. The topological polar surface area (TPSA) is 70.7 Å². The van der Waals surface area contributed by atoms with Crippen molar-refractivity contribution in [1.82, 2.24) is 15.5 Å². The molecule has 0 spiro atoms. The van der Waals surface area contributed by atoms with Crippen molar-refractivity contribution in [3.63, 3.8) is 0 Å². The second kappa shape index (κ2) is 13.0.